The lowest BCUT2D eigenvalue weighted by Gasteiger charge is -2.48. The van der Waals surface area contributed by atoms with Gasteiger partial charge in [-0.05, 0) is 34.8 Å². The molecule has 7 nitrogen and oxygen atoms in total. The highest BCUT2D eigenvalue weighted by Gasteiger charge is 2.46. The SMILES string of the molecule is CNC(=O)N1CCN(C(=O)C2=CC=CC=CN2C(c2ccccc2)(c2ccccc2)c2ccccc2)CC1C(C=O)C(C)C. The van der Waals surface area contributed by atoms with Crippen LogP contribution in [-0.2, 0) is 15.1 Å². The van der Waals surface area contributed by atoms with Crippen molar-refractivity contribution in [1.82, 2.24) is 20.0 Å². The van der Waals surface area contributed by atoms with Crippen LogP contribution in [0.15, 0.2) is 127 Å². The number of carbonyl (C=O) groups is 3. The molecule has 2 heterocycles. The molecule has 44 heavy (non-hydrogen) atoms. The number of nitrogens with one attached hydrogen (secondary N) is 1. The largest absolute Gasteiger partial charge is 0.341 e. The van der Waals surface area contributed by atoms with E-state index in [2.05, 4.69) is 46.6 Å². The molecule has 0 bridgehead atoms. The summed E-state index contributed by atoms with van der Waals surface area (Å²) in [6, 6.07) is 30.0. The molecule has 2 aliphatic heterocycles. The van der Waals surface area contributed by atoms with Gasteiger partial charge >= 0.3 is 6.03 Å². The number of amides is 3. The second-order valence-corrected chi connectivity index (χ2v) is 11.5. The number of urea groups is 1. The lowest BCUT2D eigenvalue weighted by Crippen LogP contribution is -2.62. The van der Waals surface area contributed by atoms with Crippen LogP contribution in [0.3, 0.4) is 0 Å². The number of carbonyl (C=O) groups excluding carboxylic acids is 3. The summed E-state index contributed by atoms with van der Waals surface area (Å²) in [5, 5.41) is 2.71. The zero-order chi connectivity index (χ0) is 31.1. The third kappa shape index (κ3) is 5.70. The highest BCUT2D eigenvalue weighted by atomic mass is 16.2. The molecule has 226 valence electrons. The first kappa shape index (κ1) is 30.5. The summed E-state index contributed by atoms with van der Waals surface area (Å²) in [6.07, 6.45) is 10.5. The first-order chi connectivity index (χ1) is 21.4. The Morgan fingerprint density at radius 2 is 1.36 bits per heavy atom. The minimum Gasteiger partial charge on any atom is -0.341 e. The van der Waals surface area contributed by atoms with Gasteiger partial charge in [0.15, 0.2) is 0 Å². The predicted molar refractivity (Wildman–Crippen MR) is 173 cm³/mol. The van der Waals surface area contributed by atoms with Crippen molar-refractivity contribution in [3.63, 3.8) is 0 Å². The number of rotatable bonds is 8. The number of hydrogen-bond acceptors (Lipinski definition) is 4. The van der Waals surface area contributed by atoms with Crippen LogP contribution in [-0.4, -0.2) is 65.6 Å². The normalized spacial score (nSPS) is 17.6. The molecule has 2 aliphatic rings. The van der Waals surface area contributed by atoms with Gasteiger partial charge in [0.2, 0.25) is 0 Å². The molecule has 0 aliphatic carbocycles. The van der Waals surface area contributed by atoms with Crippen molar-refractivity contribution < 1.29 is 14.4 Å². The molecule has 1 saturated heterocycles. The van der Waals surface area contributed by atoms with Gasteiger partial charge in [0.05, 0.1) is 6.04 Å². The number of piperazine rings is 1. The minimum absolute atomic E-state index is 0.000982. The lowest BCUT2D eigenvalue weighted by atomic mass is 9.75. The summed E-state index contributed by atoms with van der Waals surface area (Å²) in [6.45, 7) is 4.87. The van der Waals surface area contributed by atoms with Crippen molar-refractivity contribution in [3.05, 3.63) is 144 Å². The van der Waals surface area contributed by atoms with E-state index < -0.39 is 17.5 Å². The molecule has 2 unspecified atom stereocenters. The maximum atomic E-state index is 14.8. The molecule has 0 spiro atoms. The highest BCUT2D eigenvalue weighted by molar-refractivity contribution is 5.94. The van der Waals surface area contributed by atoms with Crippen LogP contribution in [0.2, 0.25) is 0 Å². The van der Waals surface area contributed by atoms with Crippen molar-refractivity contribution in [3.8, 4) is 0 Å². The molecule has 2 atom stereocenters. The van der Waals surface area contributed by atoms with Crippen LogP contribution in [0.25, 0.3) is 0 Å². The van der Waals surface area contributed by atoms with E-state index in [1.165, 1.54) is 0 Å². The van der Waals surface area contributed by atoms with Crippen LogP contribution in [0.4, 0.5) is 4.79 Å². The molecule has 0 radical (unpaired) electrons. The van der Waals surface area contributed by atoms with E-state index in [0.29, 0.717) is 18.8 Å². The third-order valence-electron chi connectivity index (χ3n) is 8.68. The van der Waals surface area contributed by atoms with Crippen LogP contribution < -0.4 is 5.32 Å². The summed E-state index contributed by atoms with van der Waals surface area (Å²) in [4.78, 5) is 45.5. The predicted octanol–water partition coefficient (Wildman–Crippen LogP) is 5.57. The summed E-state index contributed by atoms with van der Waals surface area (Å²) in [7, 11) is 1.59. The molecule has 1 fully saturated rings. The number of nitrogens with zero attached hydrogens (tertiary/aromatic N) is 3. The zero-order valence-corrected chi connectivity index (χ0v) is 25.5. The topological polar surface area (TPSA) is 73.0 Å². The van der Waals surface area contributed by atoms with E-state index in [1.807, 2.05) is 98.9 Å². The molecule has 3 aromatic carbocycles. The average molecular weight is 589 g/mol. The van der Waals surface area contributed by atoms with Crippen LogP contribution >= 0.6 is 0 Å². The Morgan fingerprint density at radius 3 is 1.84 bits per heavy atom. The van der Waals surface area contributed by atoms with Crippen molar-refractivity contribution >= 4 is 18.2 Å². The molecule has 3 amide bonds. The molecule has 3 aromatic rings. The quantitative estimate of drug-likeness (QED) is 0.276. The van der Waals surface area contributed by atoms with E-state index in [1.54, 1.807) is 16.8 Å². The zero-order valence-electron chi connectivity index (χ0n) is 25.5. The highest BCUT2D eigenvalue weighted by Crippen LogP contribution is 2.45. The summed E-state index contributed by atoms with van der Waals surface area (Å²) in [5.41, 5.74) is 2.62. The fraction of sp³-hybridized carbons (Fsp3) is 0.270. The fourth-order valence-corrected chi connectivity index (χ4v) is 6.50. The van der Waals surface area contributed by atoms with Crippen molar-refractivity contribution in [2.75, 3.05) is 26.7 Å². The fourth-order valence-electron chi connectivity index (χ4n) is 6.50. The second-order valence-electron chi connectivity index (χ2n) is 11.5. The van der Waals surface area contributed by atoms with E-state index in [9.17, 15) is 14.4 Å². The minimum atomic E-state index is -0.889. The number of allylic oxidation sites excluding steroid dienone is 4. The molecule has 1 N–H and O–H groups in total. The first-order valence-corrected chi connectivity index (χ1v) is 15.2. The summed E-state index contributed by atoms with van der Waals surface area (Å²) < 4.78 is 0. The molecular weight excluding hydrogens is 548 g/mol. The summed E-state index contributed by atoms with van der Waals surface area (Å²) in [5.74, 6) is -0.580. The Bertz CT molecular complexity index is 1440. The Balaban J connectivity index is 1.65. The smallest absolute Gasteiger partial charge is 0.317 e. The van der Waals surface area contributed by atoms with Gasteiger partial charge in [-0.25, -0.2) is 4.79 Å². The maximum Gasteiger partial charge on any atom is 0.317 e. The second kappa shape index (κ2) is 13.6. The van der Waals surface area contributed by atoms with Crippen molar-refractivity contribution in [1.29, 1.82) is 0 Å². The van der Waals surface area contributed by atoms with Gasteiger partial charge in [-0.1, -0.05) is 117 Å². The van der Waals surface area contributed by atoms with Gasteiger partial charge in [0.25, 0.3) is 5.91 Å². The van der Waals surface area contributed by atoms with Gasteiger partial charge in [-0.2, -0.15) is 0 Å². The van der Waals surface area contributed by atoms with Gasteiger partial charge in [0.1, 0.15) is 17.5 Å². The van der Waals surface area contributed by atoms with E-state index >= 15 is 0 Å². The molecule has 0 aromatic heterocycles. The van der Waals surface area contributed by atoms with Gasteiger partial charge in [0, 0.05) is 38.8 Å². The van der Waals surface area contributed by atoms with Gasteiger partial charge < -0.3 is 24.8 Å². The standard InChI is InChI=1S/C37H40N4O3/c1-28(2)32(27-42)34-26-39(24-25-40(34)36(44)38-3)35(43)33-22-14-7-15-23-41(33)37(29-16-8-4-9-17-29,30-18-10-5-11-19-30)31-20-12-6-13-21-31/h4-23,27-28,32,34H,24-26H2,1-3H3,(H,38,44). The van der Waals surface area contributed by atoms with E-state index in [0.717, 1.165) is 23.0 Å². The Labute approximate surface area is 260 Å². The molecule has 0 saturated carbocycles. The Kier molecular flexibility index (Phi) is 9.44. The third-order valence-corrected chi connectivity index (χ3v) is 8.68. The Hall–Kier alpha value is -4.91. The van der Waals surface area contributed by atoms with Gasteiger partial charge in [-0.3, -0.25) is 4.79 Å². The average Bonchev–Trinajstić information content (AvgIpc) is 3.33. The van der Waals surface area contributed by atoms with Crippen LogP contribution in [0.1, 0.15) is 30.5 Å². The summed E-state index contributed by atoms with van der Waals surface area (Å²) >= 11 is 0. The Morgan fingerprint density at radius 1 is 0.818 bits per heavy atom. The maximum absolute atomic E-state index is 14.8. The van der Waals surface area contributed by atoms with Crippen molar-refractivity contribution in [2.45, 2.75) is 25.4 Å². The van der Waals surface area contributed by atoms with Crippen molar-refractivity contribution in [2.24, 2.45) is 11.8 Å². The molecule has 7 heteroatoms. The number of hydrogen-bond donors (Lipinski definition) is 1. The molecular formula is C37H40N4O3. The lowest BCUT2D eigenvalue weighted by molar-refractivity contribution is -0.133. The van der Waals surface area contributed by atoms with E-state index in [-0.39, 0.29) is 24.4 Å². The van der Waals surface area contributed by atoms with Crippen LogP contribution in [0.5, 0.6) is 0 Å². The van der Waals surface area contributed by atoms with E-state index in [4.69, 9.17) is 0 Å². The number of benzene rings is 3. The van der Waals surface area contributed by atoms with Gasteiger partial charge in [-0.15, -0.1) is 0 Å². The first-order valence-electron chi connectivity index (χ1n) is 15.2. The van der Waals surface area contributed by atoms with Crippen LogP contribution in [0, 0.1) is 11.8 Å². The molecule has 5 rings (SSSR count). The number of aldehydes is 1. The monoisotopic (exact) mass is 588 g/mol.